The van der Waals surface area contributed by atoms with Gasteiger partial charge in [0.2, 0.25) is 0 Å². The lowest BCUT2D eigenvalue weighted by molar-refractivity contribution is 0.112. The molecule has 0 aliphatic rings. The summed E-state index contributed by atoms with van der Waals surface area (Å²) >= 11 is 1.28. The molecule has 2 heterocycles. The van der Waals surface area contributed by atoms with E-state index in [1.165, 1.54) is 17.1 Å². The average molecular weight is 299 g/mol. The molecule has 108 valence electrons. The van der Waals surface area contributed by atoms with Gasteiger partial charge in [-0.1, -0.05) is 30.3 Å². The highest BCUT2D eigenvalue weighted by atomic mass is 32.1. The zero-order chi connectivity index (χ0) is 14.9. The number of rotatable bonds is 4. The Kier molecular flexibility index (Phi) is 5.84. The van der Waals surface area contributed by atoms with E-state index in [1.807, 2.05) is 25.5 Å². The molecule has 0 bridgehead atoms. The standard InChI is InChI=1S/C12H14N2.C4H3NOS/c1-14-10-9-13-12(14)8-7-11-5-3-2-4-6-11;6-3-4-1-2-7-5-4/h2-6,9-10H,7-8H2,1H3;1-3H. The van der Waals surface area contributed by atoms with E-state index in [0.717, 1.165) is 25.0 Å². The van der Waals surface area contributed by atoms with E-state index in [2.05, 4.69) is 38.2 Å². The van der Waals surface area contributed by atoms with Gasteiger partial charge in [0.05, 0.1) is 0 Å². The summed E-state index contributed by atoms with van der Waals surface area (Å²) in [6.07, 6.45) is 6.64. The maximum absolute atomic E-state index is 9.81. The first-order valence-corrected chi connectivity index (χ1v) is 7.49. The molecular formula is C16H17N3OS. The quantitative estimate of drug-likeness (QED) is 0.695. The first-order chi connectivity index (χ1) is 10.3. The van der Waals surface area contributed by atoms with E-state index in [9.17, 15) is 4.79 Å². The number of aldehydes is 1. The van der Waals surface area contributed by atoms with Crippen molar-refractivity contribution in [3.8, 4) is 0 Å². The fourth-order valence-electron chi connectivity index (χ4n) is 1.82. The molecule has 0 N–H and O–H groups in total. The normalized spacial score (nSPS) is 9.76. The zero-order valence-electron chi connectivity index (χ0n) is 11.8. The number of benzene rings is 1. The van der Waals surface area contributed by atoms with Gasteiger partial charge in [-0.15, -0.1) is 0 Å². The highest BCUT2D eigenvalue weighted by Crippen LogP contribution is 2.04. The highest BCUT2D eigenvalue weighted by molar-refractivity contribution is 7.03. The van der Waals surface area contributed by atoms with Gasteiger partial charge in [-0.05, 0) is 29.6 Å². The van der Waals surface area contributed by atoms with Crippen LogP contribution in [-0.4, -0.2) is 20.2 Å². The van der Waals surface area contributed by atoms with Gasteiger partial charge in [0.1, 0.15) is 11.5 Å². The van der Waals surface area contributed by atoms with E-state index in [0.29, 0.717) is 5.69 Å². The Balaban J connectivity index is 0.000000194. The van der Waals surface area contributed by atoms with Crippen LogP contribution >= 0.6 is 11.5 Å². The molecule has 0 saturated heterocycles. The SMILES string of the molecule is Cn1ccnc1CCc1ccccc1.O=Cc1ccsn1. The number of hydrogen-bond donors (Lipinski definition) is 0. The van der Waals surface area contributed by atoms with Gasteiger partial charge in [0.15, 0.2) is 6.29 Å². The van der Waals surface area contributed by atoms with Crippen molar-refractivity contribution in [2.45, 2.75) is 12.8 Å². The van der Waals surface area contributed by atoms with Gasteiger partial charge >= 0.3 is 0 Å². The number of imidazole rings is 1. The zero-order valence-corrected chi connectivity index (χ0v) is 12.7. The molecule has 0 fully saturated rings. The number of nitrogens with zero attached hydrogens (tertiary/aromatic N) is 3. The van der Waals surface area contributed by atoms with Crippen molar-refractivity contribution < 1.29 is 4.79 Å². The van der Waals surface area contributed by atoms with Crippen molar-refractivity contribution in [1.29, 1.82) is 0 Å². The monoisotopic (exact) mass is 299 g/mol. The molecule has 4 nitrogen and oxygen atoms in total. The molecule has 0 atom stereocenters. The van der Waals surface area contributed by atoms with Crippen LogP contribution in [0, 0.1) is 0 Å². The Bertz CT molecular complexity index is 647. The minimum Gasteiger partial charge on any atom is -0.338 e. The van der Waals surface area contributed by atoms with Crippen molar-refractivity contribution in [2.75, 3.05) is 0 Å². The molecule has 0 radical (unpaired) electrons. The molecule has 0 amide bonds. The third-order valence-corrected chi connectivity index (χ3v) is 3.55. The van der Waals surface area contributed by atoms with Crippen molar-refractivity contribution in [3.63, 3.8) is 0 Å². The Morgan fingerprint density at radius 1 is 1.19 bits per heavy atom. The summed E-state index contributed by atoms with van der Waals surface area (Å²) in [4.78, 5) is 14.1. The van der Waals surface area contributed by atoms with Crippen LogP contribution in [0.1, 0.15) is 21.9 Å². The van der Waals surface area contributed by atoms with Crippen LogP contribution < -0.4 is 0 Å². The van der Waals surface area contributed by atoms with Gasteiger partial charge in [-0.2, -0.15) is 4.37 Å². The predicted molar refractivity (Wildman–Crippen MR) is 84.6 cm³/mol. The number of hydrogen-bond acceptors (Lipinski definition) is 4. The summed E-state index contributed by atoms with van der Waals surface area (Å²) in [6, 6.07) is 12.2. The van der Waals surface area contributed by atoms with Crippen LogP contribution in [0.3, 0.4) is 0 Å². The van der Waals surface area contributed by atoms with Gasteiger partial charge in [-0.3, -0.25) is 4.79 Å². The summed E-state index contributed by atoms with van der Waals surface area (Å²) in [7, 11) is 2.04. The minimum absolute atomic E-state index is 0.519. The van der Waals surface area contributed by atoms with Gasteiger partial charge < -0.3 is 4.57 Å². The van der Waals surface area contributed by atoms with Crippen molar-refractivity contribution in [1.82, 2.24) is 13.9 Å². The second kappa shape index (κ2) is 8.11. The third kappa shape index (κ3) is 4.96. The van der Waals surface area contributed by atoms with E-state index < -0.39 is 0 Å². The number of carbonyl (C=O) groups excluding carboxylic acids is 1. The average Bonchev–Trinajstić information content (AvgIpc) is 3.18. The fraction of sp³-hybridized carbons (Fsp3) is 0.188. The Morgan fingerprint density at radius 2 is 2.00 bits per heavy atom. The van der Waals surface area contributed by atoms with Crippen molar-refractivity contribution in [3.05, 3.63) is 71.3 Å². The van der Waals surface area contributed by atoms with Crippen LogP contribution in [0.4, 0.5) is 0 Å². The van der Waals surface area contributed by atoms with Crippen LogP contribution in [0.25, 0.3) is 0 Å². The molecule has 3 rings (SSSR count). The summed E-state index contributed by atoms with van der Waals surface area (Å²) in [5, 5.41) is 1.77. The number of aryl methyl sites for hydroxylation is 3. The maximum Gasteiger partial charge on any atom is 0.169 e. The largest absolute Gasteiger partial charge is 0.338 e. The highest BCUT2D eigenvalue weighted by Gasteiger charge is 1.99. The summed E-state index contributed by atoms with van der Waals surface area (Å²) in [6.45, 7) is 0. The van der Waals surface area contributed by atoms with E-state index in [-0.39, 0.29) is 0 Å². The lowest BCUT2D eigenvalue weighted by Crippen LogP contribution is -1.99. The van der Waals surface area contributed by atoms with Crippen molar-refractivity contribution >= 4 is 17.8 Å². The molecule has 0 saturated carbocycles. The molecule has 3 aromatic rings. The molecule has 1 aromatic carbocycles. The minimum atomic E-state index is 0.519. The molecule has 0 spiro atoms. The first kappa shape index (κ1) is 15.1. The third-order valence-electron chi connectivity index (χ3n) is 2.98. The lowest BCUT2D eigenvalue weighted by atomic mass is 10.1. The van der Waals surface area contributed by atoms with Gasteiger partial charge in [0, 0.05) is 31.2 Å². The predicted octanol–water partition coefficient (Wildman–Crippen LogP) is 3.16. The van der Waals surface area contributed by atoms with Crippen LogP contribution in [0.15, 0.2) is 54.2 Å². The number of aromatic nitrogens is 3. The molecule has 0 aliphatic heterocycles. The van der Waals surface area contributed by atoms with Crippen molar-refractivity contribution in [2.24, 2.45) is 7.05 Å². The number of carbonyl (C=O) groups is 1. The second-order valence-corrected chi connectivity index (χ2v) is 5.15. The molecule has 0 aliphatic carbocycles. The van der Waals surface area contributed by atoms with Crippen LogP contribution in [0.5, 0.6) is 0 Å². The van der Waals surface area contributed by atoms with Crippen LogP contribution in [0.2, 0.25) is 0 Å². The molecular weight excluding hydrogens is 282 g/mol. The Morgan fingerprint density at radius 3 is 2.52 bits per heavy atom. The lowest BCUT2D eigenvalue weighted by Gasteiger charge is -2.01. The first-order valence-electron chi connectivity index (χ1n) is 6.65. The molecule has 5 heteroatoms. The van der Waals surface area contributed by atoms with Gasteiger partial charge in [0.25, 0.3) is 0 Å². The summed E-state index contributed by atoms with van der Waals surface area (Å²) in [5.74, 6) is 1.15. The fourth-order valence-corrected chi connectivity index (χ4v) is 2.31. The van der Waals surface area contributed by atoms with E-state index >= 15 is 0 Å². The Hall–Kier alpha value is -2.27. The van der Waals surface area contributed by atoms with Crippen LogP contribution in [-0.2, 0) is 19.9 Å². The Labute approximate surface area is 128 Å². The topological polar surface area (TPSA) is 47.8 Å². The smallest absolute Gasteiger partial charge is 0.169 e. The summed E-state index contributed by atoms with van der Waals surface area (Å²) in [5.41, 5.74) is 1.89. The second-order valence-electron chi connectivity index (χ2n) is 4.48. The van der Waals surface area contributed by atoms with Gasteiger partial charge in [-0.25, -0.2) is 4.98 Å². The summed E-state index contributed by atoms with van der Waals surface area (Å²) < 4.78 is 5.78. The van der Waals surface area contributed by atoms with E-state index in [1.54, 1.807) is 11.4 Å². The maximum atomic E-state index is 9.81. The molecule has 21 heavy (non-hydrogen) atoms. The van der Waals surface area contributed by atoms with E-state index in [4.69, 9.17) is 0 Å². The molecule has 0 unspecified atom stereocenters. The molecule has 2 aromatic heterocycles.